The Morgan fingerprint density at radius 1 is 1.41 bits per heavy atom. The second kappa shape index (κ2) is 8.56. The Kier molecular flexibility index (Phi) is 6.37. The van der Waals surface area contributed by atoms with Crippen LogP contribution < -0.4 is 0 Å². The maximum Gasteiger partial charge on any atom is 0.227 e. The van der Waals surface area contributed by atoms with Crippen LogP contribution in [0, 0.1) is 5.92 Å². The van der Waals surface area contributed by atoms with Crippen molar-refractivity contribution in [3.63, 3.8) is 0 Å². The summed E-state index contributed by atoms with van der Waals surface area (Å²) in [6.07, 6.45) is 8.38. The van der Waals surface area contributed by atoms with Crippen molar-refractivity contribution in [2.45, 2.75) is 70.2 Å². The number of sulfone groups is 1. The van der Waals surface area contributed by atoms with E-state index >= 15 is 0 Å². The lowest BCUT2D eigenvalue weighted by Gasteiger charge is -2.25. The Hall–Kier alpha value is -1.67. The molecule has 0 aromatic carbocycles. The zero-order valence-electron chi connectivity index (χ0n) is 16.5. The van der Waals surface area contributed by atoms with Gasteiger partial charge in [0.1, 0.15) is 12.0 Å². The SMILES string of the molecule is CCCCn1c(CN(C)[C@H](C)c2ccon2)cnc1S(=O)(=O)CC1CCC1. The fourth-order valence-electron chi connectivity index (χ4n) is 3.42. The van der Waals surface area contributed by atoms with Gasteiger partial charge in [-0.05, 0) is 39.2 Å². The lowest BCUT2D eigenvalue weighted by Crippen LogP contribution is -2.26. The van der Waals surface area contributed by atoms with E-state index in [4.69, 9.17) is 4.52 Å². The van der Waals surface area contributed by atoms with E-state index < -0.39 is 9.84 Å². The van der Waals surface area contributed by atoms with Crippen LogP contribution >= 0.6 is 0 Å². The third-order valence-electron chi connectivity index (χ3n) is 5.55. The molecule has 0 aliphatic heterocycles. The van der Waals surface area contributed by atoms with Crippen LogP contribution in [0.25, 0.3) is 0 Å². The molecule has 0 N–H and O–H groups in total. The van der Waals surface area contributed by atoms with Crippen molar-refractivity contribution in [2.75, 3.05) is 12.8 Å². The Labute approximate surface area is 161 Å². The molecule has 1 saturated carbocycles. The molecule has 0 bridgehead atoms. The molecule has 1 atom stereocenters. The fourth-order valence-corrected chi connectivity index (χ4v) is 5.28. The maximum absolute atomic E-state index is 12.9. The molecule has 0 saturated heterocycles. The minimum Gasteiger partial charge on any atom is -0.364 e. The van der Waals surface area contributed by atoms with Gasteiger partial charge in [0.25, 0.3) is 0 Å². The molecular weight excluding hydrogens is 364 g/mol. The Morgan fingerprint density at radius 3 is 2.78 bits per heavy atom. The summed E-state index contributed by atoms with van der Waals surface area (Å²) in [5.41, 5.74) is 1.78. The lowest BCUT2D eigenvalue weighted by atomic mass is 9.87. The molecule has 0 amide bonds. The molecule has 8 heteroatoms. The van der Waals surface area contributed by atoms with Crippen LogP contribution in [0.4, 0.5) is 0 Å². The number of unbranched alkanes of at least 4 members (excludes halogenated alkanes) is 1. The first-order valence-corrected chi connectivity index (χ1v) is 11.4. The number of nitrogens with zero attached hydrogens (tertiary/aromatic N) is 4. The second-order valence-corrected chi connectivity index (χ2v) is 9.56. The van der Waals surface area contributed by atoms with Crippen molar-refractivity contribution in [2.24, 2.45) is 5.92 Å². The van der Waals surface area contributed by atoms with Gasteiger partial charge in [-0.3, -0.25) is 4.90 Å². The largest absolute Gasteiger partial charge is 0.364 e. The van der Waals surface area contributed by atoms with E-state index in [9.17, 15) is 8.42 Å². The summed E-state index contributed by atoms with van der Waals surface area (Å²) in [7, 11) is -1.35. The highest BCUT2D eigenvalue weighted by atomic mass is 32.2. The van der Waals surface area contributed by atoms with Crippen molar-refractivity contribution in [1.82, 2.24) is 19.6 Å². The molecular formula is C19H30N4O3S. The topological polar surface area (TPSA) is 81.2 Å². The highest BCUT2D eigenvalue weighted by molar-refractivity contribution is 7.91. The molecule has 150 valence electrons. The van der Waals surface area contributed by atoms with E-state index in [1.165, 1.54) is 0 Å². The smallest absolute Gasteiger partial charge is 0.227 e. The van der Waals surface area contributed by atoms with E-state index in [0.717, 1.165) is 43.5 Å². The lowest BCUT2D eigenvalue weighted by molar-refractivity contribution is 0.234. The van der Waals surface area contributed by atoms with Gasteiger partial charge in [0.2, 0.25) is 15.0 Å². The molecule has 0 spiro atoms. The highest BCUT2D eigenvalue weighted by Crippen LogP contribution is 2.30. The molecule has 0 unspecified atom stereocenters. The van der Waals surface area contributed by atoms with Crippen LogP contribution in [0.2, 0.25) is 0 Å². The van der Waals surface area contributed by atoms with Crippen LogP contribution in [0.15, 0.2) is 28.2 Å². The Balaban J connectivity index is 1.81. The molecule has 27 heavy (non-hydrogen) atoms. The minimum atomic E-state index is -3.35. The van der Waals surface area contributed by atoms with Crippen molar-refractivity contribution in [3.8, 4) is 0 Å². The van der Waals surface area contributed by atoms with Gasteiger partial charge in [-0.25, -0.2) is 13.4 Å². The number of rotatable bonds is 10. The highest BCUT2D eigenvalue weighted by Gasteiger charge is 2.30. The molecule has 7 nitrogen and oxygen atoms in total. The molecule has 0 radical (unpaired) electrons. The number of aromatic nitrogens is 3. The van der Waals surface area contributed by atoms with E-state index in [1.54, 1.807) is 12.5 Å². The van der Waals surface area contributed by atoms with Gasteiger partial charge in [-0.15, -0.1) is 0 Å². The van der Waals surface area contributed by atoms with E-state index in [1.807, 2.05) is 17.7 Å². The van der Waals surface area contributed by atoms with Gasteiger partial charge in [0.05, 0.1) is 23.7 Å². The predicted molar refractivity (Wildman–Crippen MR) is 103 cm³/mol. The summed E-state index contributed by atoms with van der Waals surface area (Å²) >= 11 is 0. The molecule has 1 aliphatic rings. The van der Waals surface area contributed by atoms with Gasteiger partial charge in [0.15, 0.2) is 0 Å². The predicted octanol–water partition coefficient (Wildman–Crippen LogP) is 3.44. The molecule has 2 aromatic heterocycles. The van der Waals surface area contributed by atoms with Gasteiger partial charge >= 0.3 is 0 Å². The van der Waals surface area contributed by atoms with Crippen LogP contribution in [-0.4, -0.2) is 40.8 Å². The van der Waals surface area contributed by atoms with E-state index in [-0.39, 0.29) is 17.0 Å². The number of hydrogen-bond acceptors (Lipinski definition) is 6. The van der Waals surface area contributed by atoms with Crippen LogP contribution in [0.1, 0.15) is 63.4 Å². The third-order valence-corrected chi connectivity index (χ3v) is 7.35. The summed E-state index contributed by atoms with van der Waals surface area (Å²) < 4.78 is 32.7. The Bertz CT molecular complexity index is 825. The van der Waals surface area contributed by atoms with Crippen molar-refractivity contribution < 1.29 is 12.9 Å². The first-order chi connectivity index (χ1) is 12.9. The monoisotopic (exact) mass is 394 g/mol. The van der Waals surface area contributed by atoms with Crippen LogP contribution in [0.3, 0.4) is 0 Å². The summed E-state index contributed by atoms with van der Waals surface area (Å²) in [5, 5.41) is 4.25. The van der Waals surface area contributed by atoms with Gasteiger partial charge in [0, 0.05) is 19.2 Å². The molecule has 1 aliphatic carbocycles. The van der Waals surface area contributed by atoms with Gasteiger partial charge in [-0.1, -0.05) is 24.9 Å². The zero-order valence-corrected chi connectivity index (χ0v) is 17.3. The fraction of sp³-hybridized carbons (Fsp3) is 0.684. The van der Waals surface area contributed by atoms with Crippen molar-refractivity contribution in [1.29, 1.82) is 0 Å². The summed E-state index contributed by atoms with van der Waals surface area (Å²) in [6.45, 7) is 5.44. The van der Waals surface area contributed by atoms with Crippen molar-refractivity contribution in [3.05, 3.63) is 29.9 Å². The number of hydrogen-bond donors (Lipinski definition) is 0. The van der Waals surface area contributed by atoms with E-state index in [2.05, 4.69) is 28.9 Å². The van der Waals surface area contributed by atoms with Gasteiger partial charge < -0.3 is 9.09 Å². The third kappa shape index (κ3) is 4.60. The van der Waals surface area contributed by atoms with Gasteiger partial charge in [-0.2, -0.15) is 0 Å². The molecule has 1 fully saturated rings. The summed E-state index contributed by atoms with van der Waals surface area (Å²) in [4.78, 5) is 6.47. The molecule has 2 aromatic rings. The Morgan fingerprint density at radius 2 is 2.19 bits per heavy atom. The zero-order chi connectivity index (χ0) is 19.4. The summed E-state index contributed by atoms with van der Waals surface area (Å²) in [5.74, 6) is 0.519. The van der Waals surface area contributed by atoms with Crippen molar-refractivity contribution >= 4 is 9.84 Å². The first-order valence-electron chi connectivity index (χ1n) is 9.80. The molecule has 3 rings (SSSR count). The maximum atomic E-state index is 12.9. The van der Waals surface area contributed by atoms with Crippen LogP contribution in [-0.2, 0) is 22.9 Å². The number of imidazole rings is 1. The first kappa shape index (κ1) is 20.1. The minimum absolute atomic E-state index is 0.0632. The quantitative estimate of drug-likeness (QED) is 0.614. The average Bonchev–Trinajstić information content (AvgIpc) is 3.26. The second-order valence-electron chi connectivity index (χ2n) is 7.63. The van der Waals surface area contributed by atoms with Crippen LogP contribution in [0.5, 0.6) is 0 Å². The van der Waals surface area contributed by atoms with E-state index in [0.29, 0.717) is 19.0 Å². The standard InChI is InChI=1S/C19H30N4O3S/c1-4-5-10-23-17(13-22(3)15(2)18-9-11-26-21-18)12-20-19(23)27(24,25)14-16-7-6-8-16/h9,11-12,15-16H,4-8,10,13-14H2,1-3H3/t15-/m1/s1. The normalized spacial score (nSPS) is 16.6. The summed E-state index contributed by atoms with van der Waals surface area (Å²) in [6, 6.07) is 1.91. The average molecular weight is 395 g/mol. The molecule has 2 heterocycles.